The normalized spacial score (nSPS) is 10.9. The molecule has 0 unspecified atom stereocenters. The molecule has 0 atom stereocenters. The summed E-state index contributed by atoms with van der Waals surface area (Å²) in [6, 6.07) is 0. The van der Waals surface area contributed by atoms with Gasteiger partial charge in [0.15, 0.2) is 0 Å². The Morgan fingerprint density at radius 1 is 0.739 bits per heavy atom. The van der Waals surface area contributed by atoms with Crippen LogP contribution in [0.4, 0.5) is 0 Å². The molecule has 6 nitrogen and oxygen atoms in total. The zero-order valence-electron chi connectivity index (χ0n) is 14.2. The van der Waals surface area contributed by atoms with Crippen molar-refractivity contribution in [2.24, 2.45) is 0 Å². The van der Waals surface area contributed by atoms with Crippen molar-refractivity contribution in [2.45, 2.75) is 32.6 Å². The molecule has 0 saturated carbocycles. The molecule has 0 N–H and O–H groups in total. The second-order valence-electron chi connectivity index (χ2n) is 4.82. The van der Waals surface area contributed by atoms with E-state index in [9.17, 15) is 4.79 Å². The third kappa shape index (κ3) is 19.7. The van der Waals surface area contributed by atoms with Gasteiger partial charge in [0.25, 0.3) is 0 Å². The summed E-state index contributed by atoms with van der Waals surface area (Å²) in [5.41, 5.74) is 0. The summed E-state index contributed by atoms with van der Waals surface area (Å²) in [7, 11) is 0. The van der Waals surface area contributed by atoms with Gasteiger partial charge in [-0.2, -0.15) is 0 Å². The Hall–Kier alpha value is -0.210. The maximum Gasteiger partial charge on any atom is 0.305 e. The lowest BCUT2D eigenvalue weighted by Gasteiger charge is -2.07. The van der Waals surface area contributed by atoms with E-state index in [2.05, 4.69) is 22.9 Å². The minimum Gasteiger partial charge on any atom is -0.463 e. The van der Waals surface area contributed by atoms with Crippen LogP contribution in [0, 0.1) is 0 Å². The molecule has 0 rings (SSSR count). The highest BCUT2D eigenvalue weighted by Gasteiger charge is 2.01. The first-order valence-corrected chi connectivity index (χ1v) is 9.46. The Morgan fingerprint density at radius 3 is 1.70 bits per heavy atom. The molecule has 0 radical (unpaired) electrons. The molecule has 0 saturated heterocycles. The van der Waals surface area contributed by atoms with Gasteiger partial charge in [-0.1, -0.05) is 35.7 Å². The summed E-state index contributed by atoms with van der Waals surface area (Å²) in [6.07, 6.45) is 3.57. The highest BCUT2D eigenvalue weighted by Crippen LogP contribution is 2.00. The highest BCUT2D eigenvalue weighted by molar-refractivity contribution is 9.09. The summed E-state index contributed by atoms with van der Waals surface area (Å²) in [4.78, 5) is 11.3. The van der Waals surface area contributed by atoms with E-state index in [1.807, 2.05) is 0 Å². The second-order valence-corrected chi connectivity index (χ2v) is 5.61. The lowest BCUT2D eigenvalue weighted by molar-refractivity contribution is -0.145. The predicted octanol–water partition coefficient (Wildman–Crippen LogP) is 2.57. The van der Waals surface area contributed by atoms with Gasteiger partial charge < -0.3 is 23.7 Å². The van der Waals surface area contributed by atoms with Gasteiger partial charge in [-0.25, -0.2) is 0 Å². The Bertz CT molecular complexity index is 253. The number of alkyl halides is 1. The molecule has 0 aliphatic heterocycles. The predicted molar refractivity (Wildman–Crippen MR) is 92.2 cm³/mol. The van der Waals surface area contributed by atoms with Gasteiger partial charge in [-0.3, -0.25) is 4.79 Å². The van der Waals surface area contributed by atoms with Gasteiger partial charge in [0, 0.05) is 11.8 Å². The van der Waals surface area contributed by atoms with Crippen LogP contribution in [0.2, 0.25) is 0 Å². The van der Waals surface area contributed by atoms with Crippen LogP contribution in [0.25, 0.3) is 0 Å². The fourth-order valence-electron chi connectivity index (χ4n) is 1.62. The van der Waals surface area contributed by atoms with E-state index >= 15 is 0 Å². The van der Waals surface area contributed by atoms with E-state index in [0.29, 0.717) is 65.9 Å². The molecular weight excluding hydrogens is 368 g/mol. The molecule has 0 aromatic rings. The van der Waals surface area contributed by atoms with Crippen LogP contribution in [0.3, 0.4) is 0 Å². The van der Waals surface area contributed by atoms with Gasteiger partial charge in [-0.05, 0) is 6.42 Å². The van der Waals surface area contributed by atoms with Gasteiger partial charge in [0.05, 0.1) is 52.9 Å². The Labute approximate surface area is 148 Å². The van der Waals surface area contributed by atoms with Crippen LogP contribution in [-0.2, 0) is 28.5 Å². The van der Waals surface area contributed by atoms with Gasteiger partial charge in [0.1, 0.15) is 6.61 Å². The zero-order valence-corrected chi connectivity index (χ0v) is 15.8. The molecule has 0 fully saturated rings. The molecule has 0 aromatic heterocycles. The first kappa shape index (κ1) is 22.8. The number of ether oxygens (including phenoxy) is 5. The van der Waals surface area contributed by atoms with Gasteiger partial charge in [0.2, 0.25) is 0 Å². The molecule has 138 valence electrons. The topological polar surface area (TPSA) is 63.2 Å². The van der Waals surface area contributed by atoms with Crippen molar-refractivity contribution in [1.29, 1.82) is 0 Å². The largest absolute Gasteiger partial charge is 0.463 e. The van der Waals surface area contributed by atoms with Crippen molar-refractivity contribution < 1.29 is 28.5 Å². The quantitative estimate of drug-likeness (QED) is 0.201. The minimum absolute atomic E-state index is 0.143. The fourth-order valence-corrected chi connectivity index (χ4v) is 1.85. The lowest BCUT2D eigenvalue weighted by atomic mass is 10.2. The fraction of sp³-hybridized carbons (Fsp3) is 0.938. The summed E-state index contributed by atoms with van der Waals surface area (Å²) in [5.74, 6) is -0.143. The molecule has 0 amide bonds. The summed E-state index contributed by atoms with van der Waals surface area (Å²) in [5, 5.41) is 0.841. The Kier molecular flexibility index (Phi) is 19.7. The van der Waals surface area contributed by atoms with Crippen LogP contribution in [0.1, 0.15) is 32.6 Å². The van der Waals surface area contributed by atoms with Crippen LogP contribution in [-0.4, -0.2) is 70.8 Å². The van der Waals surface area contributed by atoms with Crippen molar-refractivity contribution >= 4 is 21.9 Å². The average molecular weight is 399 g/mol. The van der Waals surface area contributed by atoms with E-state index in [0.717, 1.165) is 24.6 Å². The van der Waals surface area contributed by atoms with Crippen LogP contribution >= 0.6 is 15.9 Å². The lowest BCUT2D eigenvalue weighted by Crippen LogP contribution is -2.14. The average Bonchev–Trinajstić information content (AvgIpc) is 2.55. The van der Waals surface area contributed by atoms with Crippen molar-refractivity contribution in [3.8, 4) is 0 Å². The highest BCUT2D eigenvalue weighted by atomic mass is 79.9. The Morgan fingerprint density at radius 2 is 1.22 bits per heavy atom. The molecule has 0 aliphatic rings. The second kappa shape index (κ2) is 19.8. The SMILES string of the molecule is CCCCCC(=O)OCCOCCOCCOCCOCCBr. The zero-order chi connectivity index (χ0) is 17.0. The third-order valence-electron chi connectivity index (χ3n) is 2.81. The number of rotatable bonds is 18. The van der Waals surface area contributed by atoms with Crippen molar-refractivity contribution in [3.05, 3.63) is 0 Å². The van der Waals surface area contributed by atoms with Crippen molar-refractivity contribution in [2.75, 3.05) is 64.8 Å². The molecule has 0 bridgehead atoms. The van der Waals surface area contributed by atoms with E-state index in [1.54, 1.807) is 0 Å². The maximum atomic E-state index is 11.3. The number of esters is 1. The van der Waals surface area contributed by atoms with Crippen LogP contribution in [0.5, 0.6) is 0 Å². The third-order valence-corrected chi connectivity index (χ3v) is 3.14. The Balaban J connectivity index is 3.06. The maximum absolute atomic E-state index is 11.3. The standard InChI is InChI=1S/C16H31BrO6/c1-2-3-4-5-16(18)23-15-14-22-13-12-21-11-10-20-9-8-19-7-6-17/h2-15H2,1H3. The van der Waals surface area contributed by atoms with E-state index < -0.39 is 0 Å². The number of halogens is 1. The number of carbonyl (C=O) groups is 1. The molecule has 23 heavy (non-hydrogen) atoms. The van der Waals surface area contributed by atoms with E-state index in [1.165, 1.54) is 0 Å². The monoisotopic (exact) mass is 398 g/mol. The van der Waals surface area contributed by atoms with Gasteiger partial charge >= 0.3 is 5.97 Å². The molecule has 0 heterocycles. The van der Waals surface area contributed by atoms with Crippen molar-refractivity contribution in [3.63, 3.8) is 0 Å². The molecule has 0 aromatic carbocycles. The first-order valence-electron chi connectivity index (χ1n) is 8.33. The summed E-state index contributed by atoms with van der Waals surface area (Å²) in [6.45, 7) is 6.78. The van der Waals surface area contributed by atoms with Gasteiger partial charge in [-0.15, -0.1) is 0 Å². The smallest absolute Gasteiger partial charge is 0.305 e. The summed E-state index contributed by atoms with van der Waals surface area (Å²) >= 11 is 3.28. The molecule has 0 aliphatic carbocycles. The first-order chi connectivity index (χ1) is 11.3. The number of carbonyl (C=O) groups excluding carboxylic acids is 1. The van der Waals surface area contributed by atoms with Crippen LogP contribution in [0.15, 0.2) is 0 Å². The summed E-state index contributed by atoms with van der Waals surface area (Å²) < 4.78 is 26.3. The number of hydrogen-bond acceptors (Lipinski definition) is 6. The number of unbranched alkanes of at least 4 members (excludes halogenated alkanes) is 2. The molecule has 0 spiro atoms. The van der Waals surface area contributed by atoms with E-state index in [-0.39, 0.29) is 5.97 Å². The minimum atomic E-state index is -0.143. The number of hydrogen-bond donors (Lipinski definition) is 0. The van der Waals surface area contributed by atoms with E-state index in [4.69, 9.17) is 23.7 Å². The van der Waals surface area contributed by atoms with Crippen LogP contribution < -0.4 is 0 Å². The molecule has 7 heteroatoms. The van der Waals surface area contributed by atoms with Crippen molar-refractivity contribution in [1.82, 2.24) is 0 Å². The molecular formula is C16H31BrO6.